The van der Waals surface area contributed by atoms with Gasteiger partial charge in [0, 0.05) is 22.3 Å². The minimum Gasteiger partial charge on any atom is -0.248 e. The van der Waals surface area contributed by atoms with Crippen molar-refractivity contribution in [1.29, 1.82) is 0 Å². The van der Waals surface area contributed by atoms with Gasteiger partial charge in [0.2, 0.25) is 0 Å². The highest BCUT2D eigenvalue weighted by Gasteiger charge is 2.12. The lowest BCUT2D eigenvalue weighted by atomic mass is 9.98. The van der Waals surface area contributed by atoms with Crippen molar-refractivity contribution in [3.05, 3.63) is 170 Å². The molecule has 0 fully saturated rings. The van der Waals surface area contributed by atoms with E-state index in [-0.39, 0.29) is 0 Å². The molecule has 0 amide bonds. The molecule has 0 unspecified atom stereocenters. The molecule has 2 heterocycles. The molecule has 2 nitrogen and oxygen atoms in total. The van der Waals surface area contributed by atoms with E-state index in [0.717, 1.165) is 56.2 Å². The lowest BCUT2D eigenvalue weighted by Crippen LogP contribution is -1.93. The number of rotatable bonds is 6. The second-order valence-corrected chi connectivity index (χ2v) is 10.3. The van der Waals surface area contributed by atoms with Gasteiger partial charge in [-0.15, -0.1) is 0 Å². The summed E-state index contributed by atoms with van der Waals surface area (Å²) in [6, 6.07) is 59.0. The Morgan fingerprint density at radius 3 is 0.738 bits per heavy atom. The first-order valence-corrected chi connectivity index (χ1v) is 14.2. The summed E-state index contributed by atoms with van der Waals surface area (Å²) in [5.74, 6) is 0. The highest BCUT2D eigenvalue weighted by Crippen LogP contribution is 2.33. The Labute approximate surface area is 246 Å². The zero-order chi connectivity index (χ0) is 28.1. The zero-order valence-electron chi connectivity index (χ0n) is 23.1. The molecule has 0 aliphatic heterocycles. The molecule has 7 aromatic rings. The van der Waals surface area contributed by atoms with Gasteiger partial charge in [-0.25, -0.2) is 9.97 Å². The number of nitrogens with zero attached hydrogens (tertiary/aromatic N) is 2. The number of aromatic nitrogens is 2. The monoisotopic (exact) mass is 536 g/mol. The Balaban J connectivity index is 1.31. The Kier molecular flexibility index (Phi) is 6.94. The van der Waals surface area contributed by atoms with Crippen LogP contribution in [0, 0.1) is 0 Å². The van der Waals surface area contributed by atoms with Gasteiger partial charge >= 0.3 is 0 Å². The SMILES string of the molecule is c1ccc(-c2cc(-c3ccccc3)nc(-c3ccc(-c4cc(-c5ccccc5)cc(-c5ccccc5)n4)cc3)c2)cc1. The van der Waals surface area contributed by atoms with Crippen molar-refractivity contribution < 1.29 is 0 Å². The van der Waals surface area contributed by atoms with Gasteiger partial charge in [0.1, 0.15) is 0 Å². The maximum absolute atomic E-state index is 5.09. The maximum Gasteiger partial charge on any atom is 0.0715 e. The first-order chi connectivity index (χ1) is 20.8. The maximum atomic E-state index is 5.09. The van der Waals surface area contributed by atoms with Gasteiger partial charge in [0.05, 0.1) is 22.8 Å². The third kappa shape index (κ3) is 5.39. The molecule has 0 aliphatic carbocycles. The van der Waals surface area contributed by atoms with Gasteiger partial charge in [-0.1, -0.05) is 146 Å². The van der Waals surface area contributed by atoms with Crippen molar-refractivity contribution in [3.63, 3.8) is 0 Å². The van der Waals surface area contributed by atoms with Crippen molar-refractivity contribution in [2.75, 3.05) is 0 Å². The number of hydrogen-bond donors (Lipinski definition) is 0. The fourth-order valence-electron chi connectivity index (χ4n) is 5.28. The molecule has 42 heavy (non-hydrogen) atoms. The van der Waals surface area contributed by atoms with E-state index in [0.29, 0.717) is 0 Å². The second-order valence-electron chi connectivity index (χ2n) is 10.3. The van der Waals surface area contributed by atoms with Crippen LogP contribution < -0.4 is 0 Å². The molecule has 0 saturated carbocycles. The van der Waals surface area contributed by atoms with Crippen molar-refractivity contribution >= 4 is 0 Å². The summed E-state index contributed by atoms with van der Waals surface area (Å²) in [7, 11) is 0. The van der Waals surface area contributed by atoms with Gasteiger partial charge in [0.25, 0.3) is 0 Å². The van der Waals surface area contributed by atoms with Crippen molar-refractivity contribution in [3.8, 4) is 67.3 Å². The van der Waals surface area contributed by atoms with Crippen LogP contribution in [0.5, 0.6) is 0 Å². The third-order valence-corrected chi connectivity index (χ3v) is 7.48. The molecule has 2 heteroatoms. The molecule has 0 spiro atoms. The zero-order valence-corrected chi connectivity index (χ0v) is 23.1. The van der Waals surface area contributed by atoms with Crippen LogP contribution in [-0.2, 0) is 0 Å². The van der Waals surface area contributed by atoms with Crippen molar-refractivity contribution in [2.24, 2.45) is 0 Å². The molecule has 5 aromatic carbocycles. The summed E-state index contributed by atoms with van der Waals surface area (Å²) < 4.78 is 0. The van der Waals surface area contributed by atoms with E-state index in [9.17, 15) is 0 Å². The smallest absolute Gasteiger partial charge is 0.0715 e. The van der Waals surface area contributed by atoms with E-state index in [1.807, 2.05) is 24.3 Å². The number of benzene rings is 5. The van der Waals surface area contributed by atoms with E-state index in [2.05, 4.69) is 146 Å². The molecule has 0 radical (unpaired) electrons. The lowest BCUT2D eigenvalue weighted by molar-refractivity contribution is 1.31. The van der Waals surface area contributed by atoms with E-state index in [1.165, 1.54) is 11.1 Å². The van der Waals surface area contributed by atoms with Gasteiger partial charge < -0.3 is 0 Å². The van der Waals surface area contributed by atoms with Gasteiger partial charge in [-0.05, 0) is 46.5 Å². The summed E-state index contributed by atoms with van der Waals surface area (Å²) >= 11 is 0. The standard InChI is InChI=1S/C40H28N2/c1-5-13-29(14-6-1)35-25-37(31-17-9-3-10-18-31)41-39(27-35)33-21-23-34(24-22-33)40-28-36(30-15-7-2-8-16-30)26-38(42-40)32-19-11-4-12-20-32/h1-28H. The van der Waals surface area contributed by atoms with Crippen LogP contribution >= 0.6 is 0 Å². The summed E-state index contributed by atoms with van der Waals surface area (Å²) in [6.45, 7) is 0. The number of pyridine rings is 2. The summed E-state index contributed by atoms with van der Waals surface area (Å²) in [5.41, 5.74) is 12.8. The quantitative estimate of drug-likeness (QED) is 0.211. The average molecular weight is 537 g/mol. The fraction of sp³-hybridized carbons (Fsp3) is 0. The van der Waals surface area contributed by atoms with E-state index in [4.69, 9.17) is 9.97 Å². The normalized spacial score (nSPS) is 10.9. The summed E-state index contributed by atoms with van der Waals surface area (Å²) in [6.07, 6.45) is 0. The van der Waals surface area contributed by atoms with Crippen LogP contribution in [0.4, 0.5) is 0 Å². The molecule has 198 valence electrons. The average Bonchev–Trinajstić information content (AvgIpc) is 3.09. The van der Waals surface area contributed by atoms with Crippen molar-refractivity contribution in [2.45, 2.75) is 0 Å². The molecule has 0 saturated heterocycles. The van der Waals surface area contributed by atoms with E-state index < -0.39 is 0 Å². The van der Waals surface area contributed by atoms with Crippen molar-refractivity contribution in [1.82, 2.24) is 9.97 Å². The van der Waals surface area contributed by atoms with E-state index in [1.54, 1.807) is 0 Å². The Bertz CT molecular complexity index is 1670. The molecule has 0 atom stereocenters. The minimum atomic E-state index is 0.942. The third-order valence-electron chi connectivity index (χ3n) is 7.48. The Hall–Kier alpha value is -5.60. The largest absolute Gasteiger partial charge is 0.248 e. The van der Waals surface area contributed by atoms with Crippen LogP contribution in [0.15, 0.2) is 170 Å². The molecule has 7 rings (SSSR count). The summed E-state index contributed by atoms with van der Waals surface area (Å²) in [5, 5.41) is 0. The highest BCUT2D eigenvalue weighted by molar-refractivity contribution is 5.79. The highest BCUT2D eigenvalue weighted by atomic mass is 14.7. The van der Waals surface area contributed by atoms with Gasteiger partial charge in [0.15, 0.2) is 0 Å². The Morgan fingerprint density at radius 2 is 0.452 bits per heavy atom. The second kappa shape index (κ2) is 11.5. The predicted molar refractivity (Wildman–Crippen MR) is 175 cm³/mol. The predicted octanol–water partition coefficient (Wildman–Crippen LogP) is 10.5. The van der Waals surface area contributed by atoms with Crippen LogP contribution in [0.2, 0.25) is 0 Å². The Morgan fingerprint density at radius 1 is 0.214 bits per heavy atom. The minimum absolute atomic E-state index is 0.942. The van der Waals surface area contributed by atoms with Gasteiger partial charge in [-0.2, -0.15) is 0 Å². The number of hydrogen-bond acceptors (Lipinski definition) is 2. The van der Waals surface area contributed by atoms with Crippen LogP contribution in [0.1, 0.15) is 0 Å². The topological polar surface area (TPSA) is 25.8 Å². The molecule has 2 aromatic heterocycles. The lowest BCUT2D eigenvalue weighted by Gasteiger charge is -2.12. The first kappa shape index (κ1) is 25.4. The molecule has 0 aliphatic rings. The van der Waals surface area contributed by atoms with E-state index >= 15 is 0 Å². The summed E-state index contributed by atoms with van der Waals surface area (Å²) in [4.78, 5) is 10.2. The van der Waals surface area contributed by atoms with Crippen LogP contribution in [0.25, 0.3) is 67.3 Å². The first-order valence-electron chi connectivity index (χ1n) is 14.2. The molecule has 0 bridgehead atoms. The van der Waals surface area contributed by atoms with Gasteiger partial charge in [-0.3, -0.25) is 0 Å². The molecule has 0 N–H and O–H groups in total. The molecular formula is C40H28N2. The molecular weight excluding hydrogens is 508 g/mol. The van der Waals surface area contributed by atoms with Crippen LogP contribution in [-0.4, -0.2) is 9.97 Å². The fourth-order valence-corrected chi connectivity index (χ4v) is 5.28. The van der Waals surface area contributed by atoms with Crippen LogP contribution in [0.3, 0.4) is 0 Å².